The molecule has 0 unspecified atom stereocenters. The van der Waals surface area contributed by atoms with Gasteiger partial charge >= 0.3 is 12.2 Å². The van der Waals surface area contributed by atoms with Crippen LogP contribution in [0.3, 0.4) is 0 Å². The third-order valence-electron chi connectivity index (χ3n) is 4.27. The molecule has 1 radical (unpaired) electrons. The molecule has 6 nitrogen and oxygen atoms in total. The van der Waals surface area contributed by atoms with Gasteiger partial charge in [-0.2, -0.15) is 0 Å². The highest BCUT2D eigenvalue weighted by molar-refractivity contribution is 5.90. The number of hydrogen-bond acceptors (Lipinski definition) is 4. The lowest BCUT2D eigenvalue weighted by Gasteiger charge is -2.13. The summed E-state index contributed by atoms with van der Waals surface area (Å²) < 4.78 is 10.5. The summed E-state index contributed by atoms with van der Waals surface area (Å²) in [5, 5.41) is 5.39. The van der Waals surface area contributed by atoms with Crippen molar-refractivity contribution in [2.24, 2.45) is 0 Å². The Bertz CT molecular complexity index is 975. The van der Waals surface area contributed by atoms with E-state index in [1.807, 2.05) is 74.0 Å². The van der Waals surface area contributed by atoms with E-state index in [0.29, 0.717) is 11.4 Å². The summed E-state index contributed by atoms with van der Waals surface area (Å²) in [5.41, 5.74) is 3.61. The second-order valence-electron chi connectivity index (χ2n) is 6.46. The van der Waals surface area contributed by atoms with Crippen LogP contribution in [0.15, 0.2) is 78.9 Å². The minimum absolute atomic E-state index is 0.168. The van der Waals surface area contributed by atoms with Crippen molar-refractivity contribution in [2.45, 2.75) is 20.1 Å². The average molecular weight is 403 g/mol. The molecule has 0 saturated carbocycles. The maximum Gasteiger partial charge on any atom is 0.411 e. The van der Waals surface area contributed by atoms with Crippen molar-refractivity contribution in [1.29, 1.82) is 0 Å². The quantitative estimate of drug-likeness (QED) is 0.526. The molecule has 6 heteroatoms. The van der Waals surface area contributed by atoms with Gasteiger partial charge in [0.2, 0.25) is 0 Å². The van der Waals surface area contributed by atoms with Crippen molar-refractivity contribution >= 4 is 23.6 Å². The fourth-order valence-electron chi connectivity index (χ4n) is 2.74. The molecular formula is C24H23N2O4. The Morgan fingerprint density at radius 1 is 0.767 bits per heavy atom. The summed E-state index contributed by atoms with van der Waals surface area (Å²) in [6.45, 7) is 2.20. The highest BCUT2D eigenvalue weighted by Crippen LogP contribution is 2.23. The molecule has 0 aliphatic carbocycles. The molecule has 0 saturated heterocycles. The van der Waals surface area contributed by atoms with Gasteiger partial charge < -0.3 is 9.47 Å². The molecule has 2 amide bonds. The number of nitrogens with one attached hydrogen (secondary N) is 2. The van der Waals surface area contributed by atoms with Crippen molar-refractivity contribution in [3.63, 3.8) is 0 Å². The van der Waals surface area contributed by atoms with E-state index in [1.54, 1.807) is 18.2 Å². The Balaban J connectivity index is 1.57. The number of carbonyl (C=O) groups is 2. The summed E-state index contributed by atoms with van der Waals surface area (Å²) in [6.07, 6.45) is 0.695. The summed E-state index contributed by atoms with van der Waals surface area (Å²) in [7, 11) is 0. The maximum absolute atomic E-state index is 12.2. The third-order valence-corrected chi connectivity index (χ3v) is 4.27. The molecular weight excluding hydrogens is 380 g/mol. The molecule has 0 spiro atoms. The minimum Gasteiger partial charge on any atom is -0.444 e. The van der Waals surface area contributed by atoms with Crippen LogP contribution in [0.25, 0.3) is 0 Å². The highest BCUT2D eigenvalue weighted by atomic mass is 16.6. The topological polar surface area (TPSA) is 76.7 Å². The van der Waals surface area contributed by atoms with Crippen molar-refractivity contribution in [1.82, 2.24) is 0 Å². The van der Waals surface area contributed by atoms with E-state index in [1.165, 1.54) is 0 Å². The summed E-state index contributed by atoms with van der Waals surface area (Å²) in [6, 6.07) is 24.0. The van der Waals surface area contributed by atoms with Gasteiger partial charge in [0.1, 0.15) is 13.2 Å². The van der Waals surface area contributed by atoms with Gasteiger partial charge in [-0.1, -0.05) is 73.7 Å². The number of ether oxygens (including phenoxy) is 2. The fourth-order valence-corrected chi connectivity index (χ4v) is 2.74. The number of carbonyl (C=O) groups excluding carboxylic acids is 2. The normalized spacial score (nSPS) is 10.2. The SMILES string of the molecule is C[CH]c1ccc(NC(=O)OCc2ccccc2)cc1NC(=O)OCc1ccccc1. The minimum atomic E-state index is -0.579. The molecule has 0 atom stereocenters. The Hall–Kier alpha value is -3.80. The number of amides is 2. The Morgan fingerprint density at radius 3 is 1.83 bits per heavy atom. The zero-order valence-electron chi connectivity index (χ0n) is 16.6. The van der Waals surface area contributed by atoms with Crippen LogP contribution in [0.5, 0.6) is 0 Å². The zero-order valence-corrected chi connectivity index (χ0v) is 16.6. The van der Waals surface area contributed by atoms with Crippen LogP contribution in [0.2, 0.25) is 0 Å². The van der Waals surface area contributed by atoms with Gasteiger partial charge in [0, 0.05) is 11.4 Å². The van der Waals surface area contributed by atoms with Gasteiger partial charge in [-0.05, 0) is 35.2 Å². The van der Waals surface area contributed by atoms with Crippen molar-refractivity contribution in [2.75, 3.05) is 10.6 Å². The van der Waals surface area contributed by atoms with E-state index in [9.17, 15) is 9.59 Å². The molecule has 3 aromatic rings. The largest absolute Gasteiger partial charge is 0.444 e. The lowest BCUT2D eigenvalue weighted by atomic mass is 10.1. The fraction of sp³-hybridized carbons (Fsp3) is 0.125. The van der Waals surface area contributed by atoms with Gasteiger partial charge in [0.25, 0.3) is 0 Å². The van der Waals surface area contributed by atoms with E-state index in [-0.39, 0.29) is 13.2 Å². The molecule has 0 heterocycles. The zero-order chi connectivity index (χ0) is 21.2. The second-order valence-corrected chi connectivity index (χ2v) is 6.46. The van der Waals surface area contributed by atoms with Gasteiger partial charge in [0.05, 0.1) is 0 Å². The van der Waals surface area contributed by atoms with Gasteiger partial charge in [-0.15, -0.1) is 0 Å². The van der Waals surface area contributed by atoms with E-state index in [2.05, 4.69) is 10.6 Å². The van der Waals surface area contributed by atoms with Crippen LogP contribution >= 0.6 is 0 Å². The van der Waals surface area contributed by atoms with E-state index < -0.39 is 12.2 Å². The van der Waals surface area contributed by atoms with Gasteiger partial charge in [-0.25, -0.2) is 9.59 Å². The van der Waals surface area contributed by atoms with E-state index >= 15 is 0 Å². The standard InChI is InChI=1S/C24H23N2O4/c1-2-20-13-14-21(25-23(27)29-16-18-9-5-3-6-10-18)15-22(20)26-24(28)30-17-19-11-7-4-8-12-19/h2-15H,16-17H2,1H3,(H,25,27)(H,26,28). The summed E-state index contributed by atoms with van der Waals surface area (Å²) in [5.74, 6) is 0. The predicted octanol–water partition coefficient (Wildman–Crippen LogP) is 5.76. The molecule has 3 rings (SSSR count). The molecule has 153 valence electrons. The Morgan fingerprint density at radius 2 is 1.30 bits per heavy atom. The number of hydrogen-bond donors (Lipinski definition) is 2. The van der Waals surface area contributed by atoms with Crippen molar-refractivity contribution in [3.8, 4) is 0 Å². The van der Waals surface area contributed by atoms with Crippen LogP contribution in [0.1, 0.15) is 23.6 Å². The molecule has 2 N–H and O–H groups in total. The van der Waals surface area contributed by atoms with Crippen LogP contribution in [0.4, 0.5) is 21.0 Å². The van der Waals surface area contributed by atoms with Gasteiger partial charge in [-0.3, -0.25) is 10.6 Å². The van der Waals surface area contributed by atoms with Crippen molar-refractivity contribution < 1.29 is 19.1 Å². The molecule has 0 aromatic heterocycles. The Kier molecular flexibility index (Phi) is 7.44. The third kappa shape index (κ3) is 6.38. The predicted molar refractivity (Wildman–Crippen MR) is 116 cm³/mol. The summed E-state index contributed by atoms with van der Waals surface area (Å²) in [4.78, 5) is 24.3. The second kappa shape index (κ2) is 10.7. The molecule has 3 aromatic carbocycles. The van der Waals surface area contributed by atoms with E-state index in [4.69, 9.17) is 9.47 Å². The smallest absolute Gasteiger partial charge is 0.411 e. The molecule has 0 aliphatic heterocycles. The first-order chi connectivity index (χ1) is 14.6. The van der Waals surface area contributed by atoms with E-state index in [0.717, 1.165) is 16.7 Å². The van der Waals surface area contributed by atoms with Crippen LogP contribution < -0.4 is 10.6 Å². The molecule has 0 fully saturated rings. The first kappa shape index (κ1) is 20.9. The first-order valence-electron chi connectivity index (χ1n) is 9.53. The average Bonchev–Trinajstić information content (AvgIpc) is 2.78. The lowest BCUT2D eigenvalue weighted by Crippen LogP contribution is -2.16. The van der Waals surface area contributed by atoms with Crippen LogP contribution in [0, 0.1) is 6.42 Å². The number of anilines is 2. The maximum atomic E-state index is 12.2. The molecule has 0 bridgehead atoms. The van der Waals surface area contributed by atoms with Crippen LogP contribution in [-0.4, -0.2) is 12.2 Å². The molecule has 30 heavy (non-hydrogen) atoms. The van der Waals surface area contributed by atoms with Crippen molar-refractivity contribution in [3.05, 3.63) is 102 Å². The highest BCUT2D eigenvalue weighted by Gasteiger charge is 2.11. The number of benzene rings is 3. The monoisotopic (exact) mass is 403 g/mol. The summed E-state index contributed by atoms with van der Waals surface area (Å²) >= 11 is 0. The van der Waals surface area contributed by atoms with Crippen LogP contribution in [-0.2, 0) is 22.7 Å². The molecule has 0 aliphatic rings. The Labute approximate surface area is 175 Å². The number of rotatable bonds is 7. The van der Waals surface area contributed by atoms with Gasteiger partial charge in [0.15, 0.2) is 0 Å². The first-order valence-corrected chi connectivity index (χ1v) is 9.53. The lowest BCUT2D eigenvalue weighted by molar-refractivity contribution is 0.154.